The van der Waals surface area contributed by atoms with Gasteiger partial charge in [-0.3, -0.25) is 4.79 Å². The Morgan fingerprint density at radius 3 is 2.48 bits per heavy atom. The largest absolute Gasteiger partial charge is 0.486 e. The highest BCUT2D eigenvalue weighted by atomic mass is 79.9. The fraction of sp³-hybridized carbons (Fsp3) is 0.235. The van der Waals surface area contributed by atoms with Crippen molar-refractivity contribution < 1.29 is 14.3 Å². The third-order valence-corrected chi connectivity index (χ3v) is 4.37. The molecule has 0 aromatic heterocycles. The highest BCUT2D eigenvalue weighted by molar-refractivity contribution is 9.10. The number of hydrogen-bond donors (Lipinski definition) is 1. The van der Waals surface area contributed by atoms with Crippen LogP contribution in [0, 0.1) is 0 Å². The highest BCUT2D eigenvalue weighted by Crippen LogP contribution is 2.38. The number of carbonyl (C=O) groups is 1. The average molecular weight is 397 g/mol. The highest BCUT2D eigenvalue weighted by Gasteiger charge is 2.16. The van der Waals surface area contributed by atoms with Gasteiger partial charge in [0.25, 0.3) is 0 Å². The van der Waals surface area contributed by atoms with Crippen LogP contribution in [0.3, 0.4) is 0 Å². The number of rotatable bonds is 4. The SMILES string of the molecule is O=C(CCc1ccc(Cl)cc1)Nc1cc2c(cc1Br)OCCO2. The third kappa shape index (κ3) is 4.18. The molecule has 0 atom stereocenters. The summed E-state index contributed by atoms with van der Waals surface area (Å²) < 4.78 is 11.8. The molecule has 0 unspecified atom stereocenters. The summed E-state index contributed by atoms with van der Waals surface area (Å²) in [5.74, 6) is 1.27. The molecular formula is C17H15BrClNO3. The van der Waals surface area contributed by atoms with Crippen LogP contribution in [-0.4, -0.2) is 19.1 Å². The van der Waals surface area contributed by atoms with Crippen molar-refractivity contribution in [3.63, 3.8) is 0 Å². The van der Waals surface area contributed by atoms with Crippen LogP contribution in [0.5, 0.6) is 11.5 Å². The summed E-state index contributed by atoms with van der Waals surface area (Å²) in [4.78, 5) is 12.1. The van der Waals surface area contributed by atoms with Crippen LogP contribution in [-0.2, 0) is 11.2 Å². The zero-order valence-corrected chi connectivity index (χ0v) is 14.6. The Morgan fingerprint density at radius 1 is 1.13 bits per heavy atom. The third-order valence-electron chi connectivity index (χ3n) is 3.46. The van der Waals surface area contributed by atoms with E-state index in [-0.39, 0.29) is 5.91 Å². The summed E-state index contributed by atoms with van der Waals surface area (Å²) in [7, 11) is 0. The standard InChI is InChI=1S/C17H15BrClNO3/c18-13-9-15-16(23-8-7-22-15)10-14(13)20-17(21)6-3-11-1-4-12(19)5-2-11/h1-2,4-5,9-10H,3,6-8H2,(H,20,21). The molecule has 0 saturated carbocycles. The second-order valence-electron chi connectivity index (χ2n) is 5.15. The van der Waals surface area contributed by atoms with E-state index in [9.17, 15) is 4.79 Å². The predicted octanol–water partition coefficient (Wildman–Crippen LogP) is 4.45. The summed E-state index contributed by atoms with van der Waals surface area (Å²) in [6, 6.07) is 11.1. The zero-order valence-electron chi connectivity index (χ0n) is 12.3. The second kappa shape index (κ2) is 7.23. The van der Waals surface area contributed by atoms with E-state index in [0.29, 0.717) is 48.3 Å². The van der Waals surface area contributed by atoms with Gasteiger partial charge in [-0.2, -0.15) is 0 Å². The molecule has 1 amide bonds. The summed E-state index contributed by atoms with van der Waals surface area (Å²) in [5, 5.41) is 3.59. The van der Waals surface area contributed by atoms with E-state index in [4.69, 9.17) is 21.1 Å². The molecule has 1 N–H and O–H groups in total. The van der Waals surface area contributed by atoms with E-state index in [1.807, 2.05) is 30.3 Å². The van der Waals surface area contributed by atoms with Crippen LogP contribution in [0.4, 0.5) is 5.69 Å². The van der Waals surface area contributed by atoms with Crippen LogP contribution < -0.4 is 14.8 Å². The topological polar surface area (TPSA) is 47.6 Å². The van der Waals surface area contributed by atoms with Crippen molar-refractivity contribution in [3.8, 4) is 11.5 Å². The van der Waals surface area contributed by atoms with E-state index >= 15 is 0 Å². The number of halogens is 2. The van der Waals surface area contributed by atoms with Crippen molar-refractivity contribution in [2.75, 3.05) is 18.5 Å². The molecule has 0 saturated heterocycles. The molecule has 23 heavy (non-hydrogen) atoms. The molecule has 6 heteroatoms. The maximum atomic E-state index is 12.1. The first-order chi connectivity index (χ1) is 11.1. The monoisotopic (exact) mass is 395 g/mol. The molecule has 2 aromatic rings. The minimum Gasteiger partial charge on any atom is -0.486 e. The van der Waals surface area contributed by atoms with Gasteiger partial charge >= 0.3 is 0 Å². The molecule has 0 radical (unpaired) electrons. The van der Waals surface area contributed by atoms with Crippen LogP contribution in [0.25, 0.3) is 0 Å². The molecule has 3 rings (SSSR count). The molecular weight excluding hydrogens is 382 g/mol. The van der Waals surface area contributed by atoms with Crippen LogP contribution in [0.1, 0.15) is 12.0 Å². The number of hydrogen-bond acceptors (Lipinski definition) is 3. The first kappa shape index (κ1) is 16.1. The van der Waals surface area contributed by atoms with Crippen molar-refractivity contribution >= 4 is 39.1 Å². The van der Waals surface area contributed by atoms with Gasteiger partial charge in [-0.15, -0.1) is 0 Å². The van der Waals surface area contributed by atoms with E-state index < -0.39 is 0 Å². The maximum absolute atomic E-state index is 12.1. The number of benzene rings is 2. The van der Waals surface area contributed by atoms with Gasteiger partial charge in [-0.05, 0) is 40.0 Å². The number of amides is 1. The minimum atomic E-state index is -0.0580. The molecule has 1 aliphatic heterocycles. The first-order valence-corrected chi connectivity index (χ1v) is 8.42. The van der Waals surface area contributed by atoms with Crippen molar-refractivity contribution in [3.05, 3.63) is 51.5 Å². The molecule has 0 bridgehead atoms. The van der Waals surface area contributed by atoms with Crippen molar-refractivity contribution in [1.82, 2.24) is 0 Å². The number of ether oxygens (including phenoxy) is 2. The Morgan fingerprint density at radius 2 is 1.78 bits per heavy atom. The second-order valence-corrected chi connectivity index (χ2v) is 6.44. The Bertz CT molecular complexity index is 719. The van der Waals surface area contributed by atoms with Crippen LogP contribution in [0.2, 0.25) is 5.02 Å². The zero-order chi connectivity index (χ0) is 16.2. The Balaban J connectivity index is 1.62. The van der Waals surface area contributed by atoms with Crippen molar-refractivity contribution in [1.29, 1.82) is 0 Å². The number of fused-ring (bicyclic) bond motifs is 1. The van der Waals surface area contributed by atoms with Crippen LogP contribution >= 0.6 is 27.5 Å². The maximum Gasteiger partial charge on any atom is 0.224 e. The van der Waals surface area contributed by atoms with Crippen molar-refractivity contribution in [2.45, 2.75) is 12.8 Å². The number of nitrogens with one attached hydrogen (secondary N) is 1. The average Bonchev–Trinajstić information content (AvgIpc) is 2.55. The van der Waals surface area contributed by atoms with Gasteiger partial charge in [-0.1, -0.05) is 23.7 Å². The fourth-order valence-corrected chi connectivity index (χ4v) is 2.83. The summed E-state index contributed by atoms with van der Waals surface area (Å²) in [5.41, 5.74) is 1.75. The molecule has 1 aliphatic rings. The van der Waals surface area contributed by atoms with Crippen molar-refractivity contribution in [2.24, 2.45) is 0 Å². The summed E-state index contributed by atoms with van der Waals surface area (Å²) >= 11 is 9.29. The smallest absolute Gasteiger partial charge is 0.224 e. The van der Waals surface area contributed by atoms with Gasteiger partial charge in [0, 0.05) is 28.0 Å². The lowest BCUT2D eigenvalue weighted by atomic mass is 10.1. The molecule has 0 spiro atoms. The lowest BCUT2D eigenvalue weighted by Crippen LogP contribution is -2.17. The first-order valence-electron chi connectivity index (χ1n) is 7.25. The van der Waals surface area contributed by atoms with Gasteiger partial charge in [-0.25, -0.2) is 0 Å². The Kier molecular flexibility index (Phi) is 5.08. The minimum absolute atomic E-state index is 0.0580. The van der Waals surface area contributed by atoms with Gasteiger partial charge < -0.3 is 14.8 Å². The predicted molar refractivity (Wildman–Crippen MR) is 93.5 cm³/mol. The number of anilines is 1. The number of aryl methyl sites for hydroxylation is 1. The molecule has 2 aromatic carbocycles. The van der Waals surface area contributed by atoms with E-state index in [2.05, 4.69) is 21.2 Å². The molecule has 120 valence electrons. The van der Waals surface area contributed by atoms with Gasteiger partial charge in [0.1, 0.15) is 13.2 Å². The van der Waals surface area contributed by atoms with Crippen LogP contribution in [0.15, 0.2) is 40.9 Å². The van der Waals surface area contributed by atoms with Gasteiger partial charge in [0.05, 0.1) is 5.69 Å². The lowest BCUT2D eigenvalue weighted by molar-refractivity contribution is -0.116. The quantitative estimate of drug-likeness (QED) is 0.831. The summed E-state index contributed by atoms with van der Waals surface area (Å²) in [6.07, 6.45) is 1.05. The Labute approximate surface area is 147 Å². The van der Waals surface area contributed by atoms with Gasteiger partial charge in [0.2, 0.25) is 5.91 Å². The molecule has 0 fully saturated rings. The Hall–Kier alpha value is -1.72. The van der Waals surface area contributed by atoms with E-state index in [1.165, 1.54) is 0 Å². The molecule has 4 nitrogen and oxygen atoms in total. The lowest BCUT2D eigenvalue weighted by Gasteiger charge is -2.20. The summed E-state index contributed by atoms with van der Waals surface area (Å²) in [6.45, 7) is 1.05. The molecule has 1 heterocycles. The van der Waals surface area contributed by atoms with E-state index in [1.54, 1.807) is 6.07 Å². The van der Waals surface area contributed by atoms with E-state index in [0.717, 1.165) is 10.0 Å². The fourth-order valence-electron chi connectivity index (χ4n) is 2.28. The van der Waals surface area contributed by atoms with Gasteiger partial charge in [0.15, 0.2) is 11.5 Å². The normalized spacial score (nSPS) is 12.8. The number of carbonyl (C=O) groups excluding carboxylic acids is 1. The molecule has 0 aliphatic carbocycles.